The van der Waals surface area contributed by atoms with E-state index in [0.29, 0.717) is 18.5 Å². The van der Waals surface area contributed by atoms with Gasteiger partial charge in [0.05, 0.1) is 6.54 Å². The van der Waals surface area contributed by atoms with E-state index < -0.39 is 0 Å². The molecule has 1 aliphatic rings. The molecule has 0 aromatic carbocycles. The largest absolute Gasteiger partial charge is 0.338 e. The van der Waals surface area contributed by atoms with E-state index >= 15 is 0 Å². The van der Waals surface area contributed by atoms with Gasteiger partial charge in [-0.05, 0) is 19.4 Å². The fourth-order valence-corrected chi connectivity index (χ4v) is 2.33. The van der Waals surface area contributed by atoms with Crippen molar-refractivity contribution in [2.24, 2.45) is 5.73 Å². The monoisotopic (exact) mass is 288 g/mol. The molecule has 1 fully saturated rings. The molecule has 1 atom stereocenters. The molecule has 0 radical (unpaired) electrons. The van der Waals surface area contributed by atoms with E-state index in [-0.39, 0.29) is 17.8 Å². The lowest BCUT2D eigenvalue weighted by atomic mass is 9.96. The van der Waals surface area contributed by atoms with Crippen LogP contribution in [-0.2, 0) is 12.0 Å². The number of likely N-dealkylation sites (tertiary alicyclic amines) is 1. The maximum absolute atomic E-state index is 5.81. The number of aromatic nitrogens is 2. The van der Waals surface area contributed by atoms with Crippen LogP contribution in [0.5, 0.6) is 0 Å². The first-order chi connectivity index (χ1) is 8.50. The van der Waals surface area contributed by atoms with Crippen LogP contribution >= 0.6 is 12.4 Å². The summed E-state index contributed by atoms with van der Waals surface area (Å²) in [7, 11) is 0. The first-order valence-corrected chi connectivity index (χ1v) is 6.78. The van der Waals surface area contributed by atoms with Gasteiger partial charge >= 0.3 is 0 Å². The van der Waals surface area contributed by atoms with Crippen LogP contribution in [0.1, 0.15) is 51.7 Å². The Labute approximate surface area is 121 Å². The van der Waals surface area contributed by atoms with Crippen LogP contribution < -0.4 is 5.73 Å². The zero-order valence-electron chi connectivity index (χ0n) is 12.1. The normalized spacial score (nSPS) is 21.2. The molecule has 110 valence electrons. The van der Waals surface area contributed by atoms with Gasteiger partial charge < -0.3 is 10.3 Å². The lowest BCUT2D eigenvalue weighted by Crippen LogP contribution is -2.43. The summed E-state index contributed by atoms with van der Waals surface area (Å²) in [4.78, 5) is 6.85. The molecule has 2 N–H and O–H groups in total. The number of piperidine rings is 1. The first kappa shape index (κ1) is 16.4. The minimum atomic E-state index is -0.0586. The summed E-state index contributed by atoms with van der Waals surface area (Å²) in [5.74, 6) is 1.49. The van der Waals surface area contributed by atoms with E-state index in [9.17, 15) is 0 Å². The molecule has 0 saturated carbocycles. The summed E-state index contributed by atoms with van der Waals surface area (Å²) < 4.78 is 5.34. The molecule has 2 rings (SSSR count). The lowest BCUT2D eigenvalue weighted by molar-refractivity contribution is 0.128. The van der Waals surface area contributed by atoms with Crippen LogP contribution in [0.15, 0.2) is 4.52 Å². The standard InChI is InChI=1S/C13H24N4O.ClH/c1-13(2,3)12-15-11(18-16-12)9-17-7-5-4-6-10(17)8-14;/h10H,4-9,14H2,1-3H3;1H. The molecule has 1 aliphatic heterocycles. The maximum atomic E-state index is 5.81. The van der Waals surface area contributed by atoms with Crippen molar-refractivity contribution in [3.8, 4) is 0 Å². The molecule has 1 saturated heterocycles. The second-order valence-electron chi connectivity index (χ2n) is 6.12. The average Bonchev–Trinajstić information content (AvgIpc) is 2.78. The third-order valence-electron chi connectivity index (χ3n) is 3.50. The Bertz CT molecular complexity index is 388. The molecule has 0 aliphatic carbocycles. The summed E-state index contributed by atoms with van der Waals surface area (Å²) in [6.45, 7) is 8.78. The summed E-state index contributed by atoms with van der Waals surface area (Å²) in [6.07, 6.45) is 3.68. The van der Waals surface area contributed by atoms with Crippen LogP contribution in [0.4, 0.5) is 0 Å². The Hall–Kier alpha value is -0.650. The van der Waals surface area contributed by atoms with Gasteiger partial charge in [0.1, 0.15) is 0 Å². The highest BCUT2D eigenvalue weighted by molar-refractivity contribution is 5.85. The topological polar surface area (TPSA) is 68.2 Å². The zero-order chi connectivity index (χ0) is 13.2. The highest BCUT2D eigenvalue weighted by Crippen LogP contribution is 2.21. The summed E-state index contributed by atoms with van der Waals surface area (Å²) in [5.41, 5.74) is 5.75. The summed E-state index contributed by atoms with van der Waals surface area (Å²) in [6, 6.07) is 0.462. The third kappa shape index (κ3) is 4.16. The van der Waals surface area contributed by atoms with Crippen LogP contribution in [0, 0.1) is 0 Å². The Morgan fingerprint density at radius 1 is 1.37 bits per heavy atom. The number of hydrogen-bond donors (Lipinski definition) is 1. The minimum Gasteiger partial charge on any atom is -0.338 e. The smallest absolute Gasteiger partial charge is 0.240 e. The van der Waals surface area contributed by atoms with Gasteiger partial charge in [-0.3, -0.25) is 4.90 Å². The molecule has 0 amide bonds. The van der Waals surface area contributed by atoms with Crippen molar-refractivity contribution in [2.45, 2.75) is 58.0 Å². The number of nitrogens with two attached hydrogens (primary N) is 1. The predicted octanol–water partition coefficient (Wildman–Crippen LogP) is 2.10. The second-order valence-corrected chi connectivity index (χ2v) is 6.12. The van der Waals surface area contributed by atoms with Crippen molar-refractivity contribution in [3.63, 3.8) is 0 Å². The molecule has 1 aromatic heterocycles. The van der Waals surface area contributed by atoms with E-state index in [4.69, 9.17) is 10.3 Å². The molecule has 2 heterocycles. The fourth-order valence-electron chi connectivity index (χ4n) is 2.33. The molecule has 1 unspecified atom stereocenters. The van der Waals surface area contributed by atoms with E-state index in [1.165, 1.54) is 19.3 Å². The maximum Gasteiger partial charge on any atom is 0.240 e. The van der Waals surface area contributed by atoms with Crippen LogP contribution in [0.3, 0.4) is 0 Å². The van der Waals surface area contributed by atoms with Gasteiger partial charge in [-0.1, -0.05) is 32.3 Å². The van der Waals surface area contributed by atoms with E-state index in [1.807, 2.05) is 0 Å². The Morgan fingerprint density at radius 2 is 2.11 bits per heavy atom. The molecule has 0 bridgehead atoms. The van der Waals surface area contributed by atoms with Gasteiger partial charge in [0.25, 0.3) is 0 Å². The Morgan fingerprint density at radius 3 is 2.68 bits per heavy atom. The second kappa shape index (κ2) is 6.68. The van der Waals surface area contributed by atoms with Crippen molar-refractivity contribution in [1.82, 2.24) is 15.0 Å². The lowest BCUT2D eigenvalue weighted by Gasteiger charge is -2.33. The summed E-state index contributed by atoms with van der Waals surface area (Å²) in [5, 5.41) is 4.06. The Kier molecular flexibility index (Phi) is 5.77. The quantitative estimate of drug-likeness (QED) is 0.922. The van der Waals surface area contributed by atoms with Gasteiger partial charge in [-0.2, -0.15) is 4.98 Å². The number of nitrogens with zero attached hydrogens (tertiary/aromatic N) is 3. The number of halogens is 1. The molecule has 19 heavy (non-hydrogen) atoms. The molecule has 5 nitrogen and oxygen atoms in total. The van der Waals surface area contributed by atoms with Crippen LogP contribution in [0.2, 0.25) is 0 Å². The van der Waals surface area contributed by atoms with Crippen LogP contribution in [-0.4, -0.2) is 34.2 Å². The van der Waals surface area contributed by atoms with Crippen molar-refractivity contribution in [1.29, 1.82) is 0 Å². The average molecular weight is 289 g/mol. The summed E-state index contributed by atoms with van der Waals surface area (Å²) >= 11 is 0. The van der Waals surface area contributed by atoms with E-state index in [0.717, 1.165) is 18.9 Å². The van der Waals surface area contributed by atoms with Crippen LogP contribution in [0.25, 0.3) is 0 Å². The number of rotatable bonds is 3. The van der Waals surface area contributed by atoms with Gasteiger partial charge in [0.2, 0.25) is 5.89 Å². The highest BCUT2D eigenvalue weighted by atomic mass is 35.5. The van der Waals surface area contributed by atoms with Gasteiger partial charge in [0, 0.05) is 18.0 Å². The molecule has 1 aromatic rings. The predicted molar refractivity (Wildman–Crippen MR) is 77.3 cm³/mol. The van der Waals surface area contributed by atoms with Gasteiger partial charge in [-0.15, -0.1) is 12.4 Å². The fraction of sp³-hybridized carbons (Fsp3) is 0.846. The van der Waals surface area contributed by atoms with Crippen molar-refractivity contribution < 1.29 is 4.52 Å². The molecule has 6 heteroatoms. The zero-order valence-corrected chi connectivity index (χ0v) is 12.9. The molecule has 0 spiro atoms. The molecular weight excluding hydrogens is 264 g/mol. The van der Waals surface area contributed by atoms with Gasteiger partial charge in [0.15, 0.2) is 5.82 Å². The SMILES string of the molecule is CC(C)(C)c1noc(CN2CCCCC2CN)n1.Cl. The van der Waals surface area contributed by atoms with Gasteiger partial charge in [-0.25, -0.2) is 0 Å². The van der Waals surface area contributed by atoms with E-state index in [1.54, 1.807) is 0 Å². The van der Waals surface area contributed by atoms with Crippen molar-refractivity contribution in [2.75, 3.05) is 13.1 Å². The van der Waals surface area contributed by atoms with E-state index in [2.05, 4.69) is 35.8 Å². The minimum absolute atomic E-state index is 0. The van der Waals surface area contributed by atoms with Crippen molar-refractivity contribution in [3.05, 3.63) is 11.7 Å². The third-order valence-corrected chi connectivity index (χ3v) is 3.50. The Balaban J connectivity index is 0.00000180. The molecular formula is C13H25ClN4O. The first-order valence-electron chi connectivity index (χ1n) is 6.78. The highest BCUT2D eigenvalue weighted by Gasteiger charge is 2.25. The number of hydrogen-bond acceptors (Lipinski definition) is 5. The van der Waals surface area contributed by atoms with Crippen molar-refractivity contribution >= 4 is 12.4 Å².